The highest BCUT2D eigenvalue weighted by molar-refractivity contribution is 7.08. The minimum atomic E-state index is -5.08. The van der Waals surface area contributed by atoms with Crippen molar-refractivity contribution in [2.75, 3.05) is 38.2 Å². The topological polar surface area (TPSA) is 121 Å². The number of piperazine rings is 1. The number of benzene rings is 1. The molecule has 3 aromatic heterocycles. The van der Waals surface area contributed by atoms with Crippen molar-refractivity contribution in [2.45, 2.75) is 18.9 Å². The van der Waals surface area contributed by atoms with Crippen molar-refractivity contribution in [3.05, 3.63) is 65.2 Å². The van der Waals surface area contributed by atoms with Gasteiger partial charge in [0.05, 0.1) is 19.0 Å². The first kappa shape index (κ1) is 33.1. The van der Waals surface area contributed by atoms with Crippen LogP contribution >= 0.6 is 11.3 Å². The maximum absolute atomic E-state index is 10.6. The van der Waals surface area contributed by atoms with Crippen molar-refractivity contribution in [3.63, 3.8) is 0 Å². The number of aromatic nitrogens is 3. The summed E-state index contributed by atoms with van der Waals surface area (Å²) in [6, 6.07) is 10.5. The number of halogens is 6. The molecular formula is C26H25F6N5O5S. The lowest BCUT2D eigenvalue weighted by molar-refractivity contribution is -0.193. The van der Waals surface area contributed by atoms with E-state index in [-0.39, 0.29) is 0 Å². The molecular weight excluding hydrogens is 608 g/mol. The molecule has 43 heavy (non-hydrogen) atoms. The number of hydrogen-bond donors (Lipinski definition) is 2. The summed E-state index contributed by atoms with van der Waals surface area (Å²) in [6.07, 6.45) is -4.34. The highest BCUT2D eigenvalue weighted by Crippen LogP contribution is 2.27. The predicted octanol–water partition coefficient (Wildman–Crippen LogP) is 5.06. The maximum atomic E-state index is 10.6. The smallest absolute Gasteiger partial charge is 0.490 e. The lowest BCUT2D eigenvalue weighted by Gasteiger charge is -2.35. The van der Waals surface area contributed by atoms with E-state index in [4.69, 9.17) is 29.5 Å². The summed E-state index contributed by atoms with van der Waals surface area (Å²) in [5, 5.41) is 18.5. The summed E-state index contributed by atoms with van der Waals surface area (Å²) in [6.45, 7) is 4.87. The van der Waals surface area contributed by atoms with Crippen LogP contribution in [0.4, 0.5) is 32.2 Å². The van der Waals surface area contributed by atoms with Gasteiger partial charge in [-0.2, -0.15) is 37.7 Å². The number of nitrogens with zero attached hydrogens (tertiary/aromatic N) is 5. The number of hydrogen-bond acceptors (Lipinski definition) is 8. The summed E-state index contributed by atoms with van der Waals surface area (Å²) in [5.41, 5.74) is 4.55. The van der Waals surface area contributed by atoms with E-state index in [1.807, 2.05) is 30.7 Å². The number of carboxylic acid groups (broad SMARTS) is 2. The Morgan fingerprint density at radius 2 is 1.51 bits per heavy atom. The van der Waals surface area contributed by atoms with E-state index in [9.17, 15) is 26.3 Å². The molecule has 1 aliphatic rings. The largest absolute Gasteiger partial charge is 0.497 e. The van der Waals surface area contributed by atoms with Crippen LogP contribution in [0.5, 0.6) is 5.75 Å². The Bertz CT molecular complexity index is 1460. The number of imidazole rings is 1. The fourth-order valence-corrected chi connectivity index (χ4v) is 4.51. The van der Waals surface area contributed by atoms with Crippen LogP contribution in [0.15, 0.2) is 59.7 Å². The Kier molecular flexibility index (Phi) is 10.9. The summed E-state index contributed by atoms with van der Waals surface area (Å²) in [5.74, 6) is -3.64. The molecule has 5 rings (SSSR count). The third kappa shape index (κ3) is 9.31. The first-order valence-corrected chi connectivity index (χ1v) is 13.2. The molecule has 0 radical (unpaired) electrons. The highest BCUT2D eigenvalue weighted by atomic mass is 32.1. The molecule has 4 heterocycles. The van der Waals surface area contributed by atoms with Crippen LogP contribution in [0.1, 0.15) is 5.56 Å². The van der Waals surface area contributed by atoms with E-state index >= 15 is 0 Å². The number of ether oxygens (including phenoxy) is 1. The number of alkyl halides is 6. The van der Waals surface area contributed by atoms with Gasteiger partial charge >= 0.3 is 24.3 Å². The van der Waals surface area contributed by atoms with Gasteiger partial charge in [-0.3, -0.25) is 9.30 Å². The van der Waals surface area contributed by atoms with E-state index in [1.165, 1.54) is 11.1 Å². The van der Waals surface area contributed by atoms with Gasteiger partial charge < -0.3 is 19.8 Å². The number of carboxylic acids is 2. The van der Waals surface area contributed by atoms with E-state index in [1.54, 1.807) is 18.4 Å². The summed E-state index contributed by atoms with van der Waals surface area (Å²) >= 11 is 1.70. The number of carbonyl (C=O) groups is 2. The average molecular weight is 634 g/mol. The van der Waals surface area contributed by atoms with Crippen LogP contribution in [0, 0.1) is 0 Å². The molecule has 17 heteroatoms. The Morgan fingerprint density at radius 3 is 2.00 bits per heavy atom. The van der Waals surface area contributed by atoms with E-state index < -0.39 is 24.3 Å². The Hall–Kier alpha value is -4.38. The standard InChI is InChI=1S/C22H23N5OS.2C2HF3O2/c1-28-19-4-2-17(3-5-19)15-25-9-11-26(12-10-25)21-22-24-14-20(18-6-13-29-16-18)27(22)8-7-23-21;2*3-2(4,5)1(6)7/h2-8,13-14,16H,9-12,15H2,1H3;2*(H,6,7). The van der Waals surface area contributed by atoms with Gasteiger partial charge in [-0.25, -0.2) is 19.6 Å². The number of anilines is 1. The van der Waals surface area contributed by atoms with Gasteiger partial charge in [0.25, 0.3) is 0 Å². The molecule has 0 aliphatic carbocycles. The Morgan fingerprint density at radius 1 is 0.930 bits per heavy atom. The lowest BCUT2D eigenvalue weighted by atomic mass is 10.2. The van der Waals surface area contributed by atoms with Crippen molar-refractivity contribution in [2.24, 2.45) is 0 Å². The second kappa shape index (κ2) is 14.2. The zero-order valence-corrected chi connectivity index (χ0v) is 23.2. The van der Waals surface area contributed by atoms with Crippen LogP contribution in [0.2, 0.25) is 0 Å². The monoisotopic (exact) mass is 633 g/mol. The van der Waals surface area contributed by atoms with Gasteiger partial charge in [0, 0.05) is 56.1 Å². The first-order chi connectivity index (χ1) is 20.2. The zero-order valence-electron chi connectivity index (χ0n) is 22.3. The number of methoxy groups -OCH3 is 1. The Labute approximate surface area is 244 Å². The fraction of sp³-hybridized carbons (Fsp3) is 0.308. The molecule has 2 N–H and O–H groups in total. The number of fused-ring (bicyclic) bond motifs is 1. The zero-order chi connectivity index (χ0) is 31.8. The second-order valence-corrected chi connectivity index (χ2v) is 9.60. The summed E-state index contributed by atoms with van der Waals surface area (Å²) in [4.78, 5) is 32.0. The van der Waals surface area contributed by atoms with Crippen molar-refractivity contribution in [1.29, 1.82) is 0 Å². The van der Waals surface area contributed by atoms with Gasteiger partial charge in [-0.05, 0) is 29.1 Å². The van der Waals surface area contributed by atoms with Crippen molar-refractivity contribution >= 4 is 34.7 Å². The Balaban J connectivity index is 0.000000303. The first-order valence-electron chi connectivity index (χ1n) is 12.3. The third-order valence-corrected chi connectivity index (χ3v) is 6.63. The van der Waals surface area contributed by atoms with Gasteiger partial charge in [0.1, 0.15) is 5.75 Å². The molecule has 0 unspecified atom stereocenters. The van der Waals surface area contributed by atoms with E-state index in [2.05, 4.69) is 48.1 Å². The average Bonchev–Trinajstić information content (AvgIpc) is 3.64. The molecule has 0 atom stereocenters. The molecule has 1 aromatic carbocycles. The number of rotatable bonds is 5. The molecule has 10 nitrogen and oxygen atoms in total. The quantitative estimate of drug-likeness (QED) is 0.291. The van der Waals surface area contributed by atoms with Gasteiger partial charge in [-0.15, -0.1) is 0 Å². The van der Waals surface area contributed by atoms with Crippen molar-refractivity contribution in [1.82, 2.24) is 19.3 Å². The SMILES string of the molecule is COc1ccc(CN2CCN(c3nccn4c(-c5ccsc5)cnc34)CC2)cc1.O=C(O)C(F)(F)F.O=C(O)C(F)(F)F. The number of thiophene rings is 1. The van der Waals surface area contributed by atoms with Gasteiger partial charge in [-0.1, -0.05) is 12.1 Å². The summed E-state index contributed by atoms with van der Waals surface area (Å²) in [7, 11) is 1.70. The molecule has 0 amide bonds. The number of aliphatic carboxylic acids is 2. The van der Waals surface area contributed by atoms with Crippen molar-refractivity contribution < 1.29 is 50.9 Å². The van der Waals surface area contributed by atoms with Gasteiger partial charge in [0.15, 0.2) is 11.5 Å². The normalized spacial score (nSPS) is 13.9. The molecule has 1 aliphatic heterocycles. The molecule has 4 aromatic rings. The van der Waals surface area contributed by atoms with E-state index in [0.29, 0.717) is 0 Å². The molecule has 1 saturated heterocycles. The van der Waals surface area contributed by atoms with E-state index in [0.717, 1.165) is 55.6 Å². The lowest BCUT2D eigenvalue weighted by Crippen LogP contribution is -2.46. The molecule has 232 valence electrons. The molecule has 1 fully saturated rings. The third-order valence-electron chi connectivity index (χ3n) is 5.95. The molecule has 0 saturated carbocycles. The maximum Gasteiger partial charge on any atom is 0.490 e. The molecule has 0 spiro atoms. The predicted molar refractivity (Wildman–Crippen MR) is 144 cm³/mol. The second-order valence-electron chi connectivity index (χ2n) is 8.82. The van der Waals surface area contributed by atoms with Crippen molar-refractivity contribution in [3.8, 4) is 17.0 Å². The van der Waals surface area contributed by atoms with Crippen LogP contribution in [-0.2, 0) is 16.1 Å². The van der Waals surface area contributed by atoms with Crippen LogP contribution in [0.25, 0.3) is 16.9 Å². The van der Waals surface area contributed by atoms with Crippen LogP contribution in [0.3, 0.4) is 0 Å². The summed E-state index contributed by atoms with van der Waals surface area (Å²) < 4.78 is 70.9. The fourth-order valence-electron chi connectivity index (χ4n) is 3.86. The van der Waals surface area contributed by atoms with Crippen LogP contribution < -0.4 is 9.64 Å². The molecule has 0 bridgehead atoms. The minimum absolute atomic E-state index is 0.902. The minimum Gasteiger partial charge on any atom is -0.497 e. The van der Waals surface area contributed by atoms with Crippen LogP contribution in [-0.4, -0.2) is 87.1 Å². The highest BCUT2D eigenvalue weighted by Gasteiger charge is 2.38. The van der Waals surface area contributed by atoms with Gasteiger partial charge in [0.2, 0.25) is 0 Å².